The molecular weight excluding hydrogens is 1080 g/mol. The fourth-order valence-corrected chi connectivity index (χ4v) is 9.81. The molecule has 85 heavy (non-hydrogen) atoms. The number of fused-ring (bicyclic) bond motifs is 4. The van der Waals surface area contributed by atoms with Crippen LogP contribution in [0.25, 0.3) is 43.9 Å². The van der Waals surface area contributed by atoms with E-state index in [0.717, 1.165) is 52.9 Å². The molecule has 0 bridgehead atoms. The molecule has 4 heterocycles. The van der Waals surface area contributed by atoms with E-state index in [1.54, 1.807) is 6.07 Å². The van der Waals surface area contributed by atoms with Crippen LogP contribution in [0.5, 0.6) is 11.5 Å². The molecule has 2 N–H and O–H groups in total. The van der Waals surface area contributed by atoms with E-state index in [2.05, 4.69) is 9.97 Å². The van der Waals surface area contributed by atoms with E-state index in [4.69, 9.17) is 24.2 Å². The largest absolute Gasteiger partial charge is 0.507 e. The van der Waals surface area contributed by atoms with Gasteiger partial charge >= 0.3 is 23.3 Å². The van der Waals surface area contributed by atoms with Crippen molar-refractivity contribution in [2.75, 3.05) is 0 Å². The molecule has 4 aromatic heterocycles. The highest BCUT2D eigenvalue weighted by Gasteiger charge is 2.21. The van der Waals surface area contributed by atoms with Crippen LogP contribution in [0, 0.1) is 11.8 Å². The van der Waals surface area contributed by atoms with Crippen LogP contribution in [0.15, 0.2) is 153 Å². The van der Waals surface area contributed by atoms with Gasteiger partial charge in [-0.15, -0.1) is 0 Å². The highest BCUT2D eigenvalue weighted by molar-refractivity contribution is 5.88. The summed E-state index contributed by atoms with van der Waals surface area (Å²) in [4.78, 5) is 93.0. The Labute approximate surface area is 490 Å². The molecule has 19 nitrogen and oxygen atoms in total. The average Bonchev–Trinajstić information content (AvgIpc) is 2.51. The lowest BCUT2D eigenvalue weighted by Crippen LogP contribution is -2.40. The minimum Gasteiger partial charge on any atom is -0.507 e. The van der Waals surface area contributed by atoms with Gasteiger partial charge in [-0.3, -0.25) is 37.4 Å². The van der Waals surface area contributed by atoms with Crippen LogP contribution in [0.4, 0.5) is 0 Å². The van der Waals surface area contributed by atoms with Crippen LogP contribution in [0.2, 0.25) is 0 Å². The van der Waals surface area contributed by atoms with Crippen LogP contribution >= 0.6 is 0 Å². The van der Waals surface area contributed by atoms with Crippen molar-refractivity contribution < 1.29 is 34.0 Å². The highest BCUT2D eigenvalue weighted by Crippen LogP contribution is 2.28. The normalized spacial score (nSPS) is 11.2. The van der Waals surface area contributed by atoms with Gasteiger partial charge in [0.25, 0.3) is 11.1 Å². The van der Waals surface area contributed by atoms with Gasteiger partial charge in [0, 0.05) is 51.8 Å². The molecule has 6 aromatic carbocycles. The molecule has 0 amide bonds. The molecule has 0 fully saturated rings. The van der Waals surface area contributed by atoms with Crippen molar-refractivity contribution in [2.45, 2.75) is 107 Å². The van der Waals surface area contributed by atoms with E-state index in [-0.39, 0.29) is 72.5 Å². The Morgan fingerprint density at radius 2 is 0.894 bits per heavy atom. The number of rotatable bonds is 18. The second-order valence-electron chi connectivity index (χ2n) is 21.4. The van der Waals surface area contributed by atoms with Gasteiger partial charge in [0.1, 0.15) is 37.0 Å². The molecule has 0 unspecified atom stereocenters. The summed E-state index contributed by atoms with van der Waals surface area (Å²) in [6, 6.07) is 42.5. The molecular formula is C66H70N8O11. The van der Waals surface area contributed by atoms with Gasteiger partial charge in [0.05, 0.1) is 23.7 Å². The van der Waals surface area contributed by atoms with Crippen molar-refractivity contribution in [3.63, 3.8) is 0 Å². The number of hydrogen-bond acceptors (Lipinski definition) is 15. The number of aryl methyl sites for hydroxylation is 4. The van der Waals surface area contributed by atoms with Crippen molar-refractivity contribution in [3.8, 4) is 11.5 Å². The lowest BCUT2D eigenvalue weighted by Gasteiger charge is -2.17. The fourth-order valence-electron chi connectivity index (χ4n) is 9.81. The zero-order chi connectivity index (χ0) is 60.9. The van der Waals surface area contributed by atoms with E-state index in [1.165, 1.54) is 37.1 Å². The van der Waals surface area contributed by atoms with Gasteiger partial charge in [-0.05, 0) is 82.7 Å². The van der Waals surface area contributed by atoms with Gasteiger partial charge in [-0.25, -0.2) is 29.5 Å². The molecule has 0 aliphatic rings. The van der Waals surface area contributed by atoms with Crippen molar-refractivity contribution in [1.82, 2.24) is 38.2 Å². The lowest BCUT2D eigenvalue weighted by molar-refractivity contribution is -0.143. The maximum atomic E-state index is 13.2. The first kappa shape index (κ1) is 61.5. The Bertz CT molecular complexity index is 4310. The third-order valence-electron chi connectivity index (χ3n) is 14.1. The average molecular weight is 1150 g/mol. The zero-order valence-corrected chi connectivity index (χ0v) is 49.1. The molecule has 0 aliphatic carbocycles. The van der Waals surface area contributed by atoms with Gasteiger partial charge in [-0.2, -0.15) is 0 Å². The van der Waals surface area contributed by atoms with Crippen molar-refractivity contribution in [2.24, 2.45) is 25.9 Å². The van der Waals surface area contributed by atoms with Crippen molar-refractivity contribution in [1.29, 1.82) is 0 Å². The molecule has 0 saturated carbocycles. The number of aliphatic hydroxyl groups excluding tert-OH is 1. The van der Waals surface area contributed by atoms with Crippen molar-refractivity contribution >= 4 is 55.8 Å². The smallest absolute Gasteiger partial charge is 0.332 e. The maximum absolute atomic E-state index is 13.2. The summed E-state index contributed by atoms with van der Waals surface area (Å²) in [5.41, 5.74) is 4.55. The quantitative estimate of drug-likeness (QED) is 0.0763. The number of aliphatic hydroxyl groups is 1. The van der Waals surface area contributed by atoms with Crippen LogP contribution in [0.3, 0.4) is 0 Å². The summed E-state index contributed by atoms with van der Waals surface area (Å²) >= 11 is 0. The minimum absolute atomic E-state index is 0.104. The molecule has 10 aromatic rings. The standard InChI is InChI=1S/C33H34N4O5.C23H28N4O5.C10H8O/c1-21(2)18-37-31-30(32(39)36(4)33(37)40)34-27(17-16-23-10-5-6-12-25(23)19-41-22(3)38)28(35-31)20-42-29-15-9-13-24-11-7-8-14-26(24)29;1-14(2)11-27-21-20(22(30)26(4)23(27)31)24-18(19(12-28)25-21)10-9-16-7-5-6-8-17(16)13-32-15(3)29;11-10-7-3-5-8-4-1-2-6-9(8)10/h5-15,21H,16-20H2,1-4H3;5-8,14,28H,9-13H2,1-4H3;1-7,11H. The Morgan fingerprint density at radius 3 is 1.36 bits per heavy atom. The molecule has 0 saturated heterocycles. The van der Waals surface area contributed by atoms with Gasteiger partial charge < -0.3 is 24.4 Å². The number of aromatic nitrogens is 8. The van der Waals surface area contributed by atoms with Crippen molar-refractivity contribution in [3.05, 3.63) is 220 Å². The molecule has 0 aliphatic heterocycles. The summed E-state index contributed by atoms with van der Waals surface area (Å²) in [6.45, 7) is 11.5. The van der Waals surface area contributed by atoms with Gasteiger partial charge in [0.15, 0.2) is 22.3 Å². The number of ether oxygens (including phenoxy) is 3. The first-order valence-electron chi connectivity index (χ1n) is 28.1. The molecule has 0 spiro atoms. The predicted octanol–water partition coefficient (Wildman–Crippen LogP) is 8.76. The SMILES string of the molecule is CC(=O)OCc1ccccc1CCc1nc2c(=O)n(C)c(=O)n(CC(C)C)c2nc1CO.CC(=O)OCc1ccccc1CCc1nc2c(=O)n(C)c(=O)n(CC(C)C)c2nc1COc1cccc2ccccc12.Oc1cccc2ccccc12. The topological polar surface area (TPSA) is 242 Å². The monoisotopic (exact) mass is 1150 g/mol. The highest BCUT2D eigenvalue weighted by atomic mass is 16.5. The number of esters is 2. The Hall–Kier alpha value is -9.62. The summed E-state index contributed by atoms with van der Waals surface area (Å²) in [5.74, 6) is 0.655. The zero-order valence-electron chi connectivity index (χ0n) is 49.1. The number of benzene rings is 6. The second kappa shape index (κ2) is 28.1. The molecule has 10 rings (SSSR count). The summed E-state index contributed by atoms with van der Waals surface area (Å²) in [5, 5.41) is 23.3. The molecule has 0 atom stereocenters. The number of carbonyl (C=O) groups excluding carboxylic acids is 2. The third kappa shape index (κ3) is 15.0. The Morgan fingerprint density at radius 1 is 0.482 bits per heavy atom. The lowest BCUT2D eigenvalue weighted by atomic mass is 10.0. The summed E-state index contributed by atoms with van der Waals surface area (Å²) in [7, 11) is 2.89. The van der Waals surface area contributed by atoms with E-state index in [0.29, 0.717) is 73.0 Å². The number of carbonyl (C=O) groups is 2. The number of phenols is 1. The number of hydrogen-bond donors (Lipinski definition) is 2. The fraction of sp³-hybridized carbons (Fsp3) is 0.303. The second-order valence-corrected chi connectivity index (χ2v) is 21.4. The Balaban J connectivity index is 0.000000192. The first-order chi connectivity index (χ1) is 40.8. The number of phenolic OH excluding ortho intramolecular Hbond substituents is 1. The molecule has 19 heteroatoms. The predicted molar refractivity (Wildman–Crippen MR) is 326 cm³/mol. The van der Waals surface area contributed by atoms with E-state index >= 15 is 0 Å². The minimum atomic E-state index is -0.515. The van der Waals surface area contributed by atoms with E-state index < -0.39 is 22.5 Å². The third-order valence-corrected chi connectivity index (χ3v) is 14.1. The molecule has 0 radical (unpaired) electrons. The van der Waals surface area contributed by atoms with Gasteiger partial charge in [-0.1, -0.05) is 149 Å². The van der Waals surface area contributed by atoms with Crippen LogP contribution in [-0.4, -0.2) is 60.4 Å². The van der Waals surface area contributed by atoms with E-state index in [1.807, 2.05) is 155 Å². The van der Waals surface area contributed by atoms with E-state index in [9.17, 15) is 39.0 Å². The molecule has 440 valence electrons. The summed E-state index contributed by atoms with van der Waals surface area (Å²) < 4.78 is 21.8. The Kier molecular flexibility index (Phi) is 20.3. The van der Waals surface area contributed by atoms with Gasteiger partial charge in [0.2, 0.25) is 0 Å². The maximum Gasteiger partial charge on any atom is 0.332 e. The number of aromatic hydroxyl groups is 1. The van der Waals surface area contributed by atoms with Crippen LogP contribution in [-0.2, 0) is 98.4 Å². The summed E-state index contributed by atoms with van der Waals surface area (Å²) in [6.07, 6.45) is 2.00. The van der Waals surface area contributed by atoms with Crippen LogP contribution in [0.1, 0.15) is 86.6 Å². The first-order valence-corrected chi connectivity index (χ1v) is 28.1. The van der Waals surface area contributed by atoms with Crippen LogP contribution < -0.4 is 27.2 Å². The number of nitrogens with zero attached hydrogens (tertiary/aromatic N) is 8.